The number of anilines is 2. The average Bonchev–Trinajstić information content (AvgIpc) is 2.44. The van der Waals surface area contributed by atoms with Gasteiger partial charge in [0, 0.05) is 18.8 Å². The van der Waals surface area contributed by atoms with Gasteiger partial charge >= 0.3 is 0 Å². The number of nitrogens with one attached hydrogen (secondary N) is 1. The largest absolute Gasteiger partial charge is 0.378 e. The van der Waals surface area contributed by atoms with Crippen LogP contribution in [0.5, 0.6) is 0 Å². The lowest BCUT2D eigenvalue weighted by Gasteiger charge is -2.26. The Bertz CT molecular complexity index is 633. The van der Waals surface area contributed by atoms with Gasteiger partial charge in [-0.3, -0.25) is 0 Å². The molecule has 1 aromatic heterocycles. The Labute approximate surface area is 130 Å². The highest BCUT2D eigenvalue weighted by molar-refractivity contribution is 5.56. The zero-order valence-electron chi connectivity index (χ0n) is 13.3. The lowest BCUT2D eigenvalue weighted by atomic mass is 10.3. The van der Waals surface area contributed by atoms with Crippen LogP contribution in [0.4, 0.5) is 16.0 Å². The Kier molecular flexibility index (Phi) is 5.41. The Morgan fingerprint density at radius 3 is 2.68 bits per heavy atom. The molecule has 118 valence electrons. The normalized spacial score (nSPS) is 11.0. The maximum atomic E-state index is 13.5. The van der Waals surface area contributed by atoms with Crippen molar-refractivity contribution in [2.24, 2.45) is 0 Å². The number of hydrogen-bond acceptors (Lipinski definition) is 5. The highest BCUT2D eigenvalue weighted by Gasteiger charge is 2.15. The predicted molar refractivity (Wildman–Crippen MR) is 84.3 cm³/mol. The second-order valence-electron chi connectivity index (χ2n) is 5.33. The van der Waals surface area contributed by atoms with Crippen molar-refractivity contribution in [2.45, 2.75) is 33.4 Å². The Hall–Kier alpha value is -2.05. The van der Waals surface area contributed by atoms with Crippen LogP contribution in [0.15, 0.2) is 30.3 Å². The molecule has 6 heteroatoms. The third-order valence-electron chi connectivity index (χ3n) is 2.84. The standard InChI is InChI=1S/C16H21FN4O/c1-11(2)20-21(15-7-5-6-13(17)9-15)16-18-12(3)8-14(19-16)10-22-4/h5-9,11,20H,10H2,1-4H3. The van der Waals surface area contributed by atoms with E-state index in [2.05, 4.69) is 15.4 Å². The summed E-state index contributed by atoms with van der Waals surface area (Å²) in [5, 5.41) is 1.69. The molecule has 1 aromatic carbocycles. The fraction of sp³-hybridized carbons (Fsp3) is 0.375. The SMILES string of the molecule is COCc1cc(C)nc(N(NC(C)C)c2cccc(F)c2)n1. The van der Waals surface area contributed by atoms with Crippen molar-refractivity contribution in [3.63, 3.8) is 0 Å². The van der Waals surface area contributed by atoms with E-state index in [4.69, 9.17) is 4.74 Å². The van der Waals surface area contributed by atoms with Crippen LogP contribution in [0.3, 0.4) is 0 Å². The molecule has 0 saturated carbocycles. The number of benzene rings is 1. The Morgan fingerprint density at radius 2 is 2.05 bits per heavy atom. The summed E-state index contributed by atoms with van der Waals surface area (Å²) in [5.41, 5.74) is 5.48. The smallest absolute Gasteiger partial charge is 0.245 e. The van der Waals surface area contributed by atoms with E-state index in [1.165, 1.54) is 12.1 Å². The van der Waals surface area contributed by atoms with Crippen LogP contribution in [0.25, 0.3) is 0 Å². The van der Waals surface area contributed by atoms with E-state index >= 15 is 0 Å². The number of ether oxygens (including phenoxy) is 1. The molecular formula is C16H21FN4O. The number of aromatic nitrogens is 2. The summed E-state index contributed by atoms with van der Waals surface area (Å²) in [7, 11) is 1.62. The van der Waals surface area contributed by atoms with Gasteiger partial charge in [0.15, 0.2) is 0 Å². The molecule has 0 aliphatic rings. The van der Waals surface area contributed by atoms with E-state index in [1.54, 1.807) is 24.3 Å². The number of nitrogens with zero attached hydrogens (tertiary/aromatic N) is 3. The summed E-state index contributed by atoms with van der Waals surface area (Å²) in [6.45, 7) is 6.29. The minimum Gasteiger partial charge on any atom is -0.378 e. The molecule has 0 unspecified atom stereocenters. The third-order valence-corrected chi connectivity index (χ3v) is 2.84. The first-order valence-electron chi connectivity index (χ1n) is 7.15. The summed E-state index contributed by atoms with van der Waals surface area (Å²) in [5.74, 6) is 0.157. The van der Waals surface area contributed by atoms with Gasteiger partial charge in [0.25, 0.3) is 0 Å². The first-order chi connectivity index (χ1) is 10.5. The number of rotatable bonds is 6. The maximum absolute atomic E-state index is 13.5. The molecule has 0 saturated heterocycles. The molecule has 1 N–H and O–H groups in total. The molecule has 0 fully saturated rings. The van der Waals surface area contributed by atoms with Crippen molar-refractivity contribution in [1.82, 2.24) is 15.4 Å². The number of methoxy groups -OCH3 is 1. The highest BCUT2D eigenvalue weighted by atomic mass is 19.1. The molecule has 0 spiro atoms. The Balaban J connectivity index is 2.45. The lowest BCUT2D eigenvalue weighted by Crippen LogP contribution is -2.40. The van der Waals surface area contributed by atoms with Gasteiger partial charge in [0.2, 0.25) is 5.95 Å². The zero-order valence-corrected chi connectivity index (χ0v) is 13.3. The van der Waals surface area contributed by atoms with Crippen LogP contribution in [0.2, 0.25) is 0 Å². The van der Waals surface area contributed by atoms with E-state index < -0.39 is 0 Å². The van der Waals surface area contributed by atoms with Crippen LogP contribution in [-0.4, -0.2) is 23.1 Å². The van der Waals surface area contributed by atoms with Gasteiger partial charge in [-0.15, -0.1) is 0 Å². The third kappa shape index (κ3) is 4.22. The topological polar surface area (TPSA) is 50.3 Å². The number of hydrazine groups is 1. The van der Waals surface area contributed by atoms with Crippen molar-refractivity contribution >= 4 is 11.6 Å². The number of aryl methyl sites for hydroxylation is 1. The van der Waals surface area contributed by atoms with Gasteiger partial charge < -0.3 is 4.74 Å². The molecule has 0 aliphatic carbocycles. The minimum atomic E-state index is -0.308. The molecular weight excluding hydrogens is 283 g/mol. The molecule has 5 nitrogen and oxygen atoms in total. The van der Waals surface area contributed by atoms with Crippen LogP contribution in [0.1, 0.15) is 25.2 Å². The second-order valence-corrected chi connectivity index (χ2v) is 5.33. The van der Waals surface area contributed by atoms with Crippen molar-refractivity contribution in [3.05, 3.63) is 47.5 Å². The molecule has 2 rings (SSSR count). The van der Waals surface area contributed by atoms with Crippen molar-refractivity contribution in [1.29, 1.82) is 0 Å². The molecule has 0 aliphatic heterocycles. The fourth-order valence-electron chi connectivity index (χ4n) is 2.06. The number of hydrogen-bond donors (Lipinski definition) is 1. The molecule has 2 aromatic rings. The van der Waals surface area contributed by atoms with Crippen LogP contribution in [0, 0.1) is 12.7 Å². The highest BCUT2D eigenvalue weighted by Crippen LogP contribution is 2.22. The van der Waals surface area contributed by atoms with Gasteiger partial charge in [-0.25, -0.2) is 24.8 Å². The van der Waals surface area contributed by atoms with E-state index in [0.717, 1.165) is 11.4 Å². The first kappa shape index (κ1) is 16.3. The summed E-state index contributed by atoms with van der Waals surface area (Å²) >= 11 is 0. The second kappa shape index (κ2) is 7.29. The fourth-order valence-corrected chi connectivity index (χ4v) is 2.06. The molecule has 0 atom stereocenters. The molecule has 0 radical (unpaired) electrons. The monoisotopic (exact) mass is 304 g/mol. The van der Waals surface area contributed by atoms with Crippen molar-refractivity contribution in [3.8, 4) is 0 Å². The lowest BCUT2D eigenvalue weighted by molar-refractivity contribution is 0.181. The van der Waals surface area contributed by atoms with Crippen LogP contribution >= 0.6 is 0 Å². The summed E-state index contributed by atoms with van der Waals surface area (Å²) in [6.07, 6.45) is 0. The van der Waals surface area contributed by atoms with Gasteiger partial charge in [0.1, 0.15) is 5.82 Å². The molecule has 22 heavy (non-hydrogen) atoms. The molecule has 0 bridgehead atoms. The van der Waals surface area contributed by atoms with E-state index in [-0.39, 0.29) is 11.9 Å². The molecule has 0 amide bonds. The van der Waals surface area contributed by atoms with Crippen LogP contribution in [-0.2, 0) is 11.3 Å². The van der Waals surface area contributed by atoms with E-state index in [9.17, 15) is 4.39 Å². The minimum absolute atomic E-state index is 0.137. The van der Waals surface area contributed by atoms with Crippen LogP contribution < -0.4 is 10.4 Å². The predicted octanol–water partition coefficient (Wildman–Crippen LogP) is 3.12. The summed E-state index contributed by atoms with van der Waals surface area (Å²) < 4.78 is 18.7. The number of halogens is 1. The zero-order chi connectivity index (χ0) is 16.1. The van der Waals surface area contributed by atoms with Crippen molar-refractivity contribution in [2.75, 3.05) is 12.1 Å². The van der Waals surface area contributed by atoms with E-state index in [0.29, 0.717) is 18.2 Å². The summed E-state index contributed by atoms with van der Waals surface area (Å²) in [4.78, 5) is 8.94. The van der Waals surface area contributed by atoms with Crippen molar-refractivity contribution < 1.29 is 9.13 Å². The van der Waals surface area contributed by atoms with Gasteiger partial charge in [-0.05, 0) is 45.0 Å². The van der Waals surface area contributed by atoms with Gasteiger partial charge in [0.05, 0.1) is 18.0 Å². The first-order valence-corrected chi connectivity index (χ1v) is 7.15. The van der Waals surface area contributed by atoms with E-state index in [1.807, 2.05) is 26.8 Å². The van der Waals surface area contributed by atoms with Gasteiger partial charge in [-0.2, -0.15) is 0 Å². The quantitative estimate of drug-likeness (QED) is 0.831. The summed E-state index contributed by atoms with van der Waals surface area (Å²) in [6, 6.07) is 8.32. The average molecular weight is 304 g/mol. The Morgan fingerprint density at radius 1 is 1.27 bits per heavy atom. The maximum Gasteiger partial charge on any atom is 0.245 e. The molecule has 1 heterocycles. The van der Waals surface area contributed by atoms with Gasteiger partial charge in [-0.1, -0.05) is 6.07 Å².